The summed E-state index contributed by atoms with van der Waals surface area (Å²) in [5, 5.41) is 3.18. The zero-order valence-corrected chi connectivity index (χ0v) is 12.6. The van der Waals surface area contributed by atoms with Gasteiger partial charge in [-0.15, -0.1) is 0 Å². The van der Waals surface area contributed by atoms with Gasteiger partial charge in [-0.3, -0.25) is 0 Å². The van der Waals surface area contributed by atoms with E-state index >= 15 is 0 Å². The highest BCUT2D eigenvalue weighted by Gasteiger charge is 2.16. The number of hydrogen-bond donors (Lipinski definition) is 2. The van der Waals surface area contributed by atoms with Crippen molar-refractivity contribution in [3.05, 3.63) is 18.0 Å². The number of aryl methyl sites for hydroxylation is 1. The molecule has 0 aromatic carbocycles. The van der Waals surface area contributed by atoms with E-state index in [0.29, 0.717) is 31.0 Å². The second-order valence-electron chi connectivity index (χ2n) is 4.30. The standard InChI is InChI=1S/C12H23N3O3S/c1-4-13-9-11-8-12(10-15(11)2)19(16,17)14-6-5-7-18-3/h8,10,13-14H,4-7,9H2,1-3H3. The number of methoxy groups -OCH3 is 1. The highest BCUT2D eigenvalue weighted by atomic mass is 32.2. The maximum Gasteiger partial charge on any atom is 0.242 e. The van der Waals surface area contributed by atoms with Crippen LogP contribution in [0.15, 0.2) is 17.2 Å². The largest absolute Gasteiger partial charge is 0.385 e. The van der Waals surface area contributed by atoms with E-state index in [1.807, 2.05) is 18.5 Å². The molecular formula is C12H23N3O3S. The van der Waals surface area contributed by atoms with Crippen LogP contribution in [0.2, 0.25) is 0 Å². The van der Waals surface area contributed by atoms with Gasteiger partial charge < -0.3 is 14.6 Å². The Kier molecular flexibility index (Phi) is 6.50. The Balaban J connectivity index is 2.67. The topological polar surface area (TPSA) is 72.4 Å². The summed E-state index contributed by atoms with van der Waals surface area (Å²) in [6.07, 6.45) is 2.29. The molecular weight excluding hydrogens is 266 g/mol. The quantitative estimate of drug-likeness (QED) is 0.647. The van der Waals surface area contributed by atoms with Crippen LogP contribution in [0.1, 0.15) is 19.0 Å². The van der Waals surface area contributed by atoms with Crippen molar-refractivity contribution in [3.8, 4) is 0 Å². The molecule has 0 fully saturated rings. The van der Waals surface area contributed by atoms with Crippen molar-refractivity contribution in [2.24, 2.45) is 7.05 Å². The second kappa shape index (κ2) is 7.64. The molecule has 0 radical (unpaired) electrons. The fourth-order valence-corrected chi connectivity index (χ4v) is 2.83. The molecule has 0 amide bonds. The number of aromatic nitrogens is 1. The van der Waals surface area contributed by atoms with Crippen molar-refractivity contribution < 1.29 is 13.2 Å². The van der Waals surface area contributed by atoms with Crippen molar-refractivity contribution >= 4 is 10.0 Å². The van der Waals surface area contributed by atoms with E-state index in [-0.39, 0.29) is 0 Å². The zero-order chi connectivity index (χ0) is 14.3. The Labute approximate surface area is 115 Å². The average molecular weight is 289 g/mol. The van der Waals surface area contributed by atoms with Crippen molar-refractivity contribution in [2.45, 2.75) is 24.8 Å². The van der Waals surface area contributed by atoms with Crippen molar-refractivity contribution in [1.82, 2.24) is 14.6 Å². The molecule has 1 aromatic heterocycles. The van der Waals surface area contributed by atoms with Gasteiger partial charge in [0, 0.05) is 45.7 Å². The van der Waals surface area contributed by atoms with Crippen LogP contribution in [0.25, 0.3) is 0 Å². The van der Waals surface area contributed by atoms with Gasteiger partial charge in [0.05, 0.1) is 4.90 Å². The summed E-state index contributed by atoms with van der Waals surface area (Å²) in [5.41, 5.74) is 0.944. The van der Waals surface area contributed by atoms with Crippen molar-refractivity contribution in [3.63, 3.8) is 0 Å². The molecule has 1 aromatic rings. The molecule has 0 aliphatic heterocycles. The fourth-order valence-electron chi connectivity index (χ4n) is 1.66. The summed E-state index contributed by atoms with van der Waals surface area (Å²) in [6.45, 7) is 4.45. The highest BCUT2D eigenvalue weighted by Crippen LogP contribution is 2.13. The summed E-state index contributed by atoms with van der Waals surface area (Å²) in [4.78, 5) is 0.306. The maximum absolute atomic E-state index is 12.0. The minimum atomic E-state index is -3.42. The van der Waals surface area contributed by atoms with E-state index in [9.17, 15) is 8.42 Å². The minimum absolute atomic E-state index is 0.306. The van der Waals surface area contributed by atoms with Crippen LogP contribution < -0.4 is 10.0 Å². The van der Waals surface area contributed by atoms with Crippen LogP contribution in [0.3, 0.4) is 0 Å². The van der Waals surface area contributed by atoms with E-state index in [2.05, 4.69) is 10.0 Å². The molecule has 6 nitrogen and oxygen atoms in total. The minimum Gasteiger partial charge on any atom is -0.385 e. The van der Waals surface area contributed by atoms with Gasteiger partial charge in [0.15, 0.2) is 0 Å². The summed E-state index contributed by atoms with van der Waals surface area (Å²) >= 11 is 0. The molecule has 0 aliphatic carbocycles. The second-order valence-corrected chi connectivity index (χ2v) is 6.07. The molecule has 0 aliphatic rings. The number of hydrogen-bond acceptors (Lipinski definition) is 4. The van der Waals surface area contributed by atoms with Crippen LogP contribution in [-0.2, 0) is 28.4 Å². The maximum atomic E-state index is 12.0. The molecule has 110 valence electrons. The van der Waals surface area contributed by atoms with Crippen LogP contribution >= 0.6 is 0 Å². The first kappa shape index (κ1) is 16.2. The third kappa shape index (κ3) is 4.94. The Hall–Kier alpha value is -0.890. The van der Waals surface area contributed by atoms with Gasteiger partial charge in [0.25, 0.3) is 0 Å². The highest BCUT2D eigenvalue weighted by molar-refractivity contribution is 7.89. The molecule has 0 saturated carbocycles. The van der Waals surface area contributed by atoms with Crippen molar-refractivity contribution in [2.75, 3.05) is 26.8 Å². The van der Waals surface area contributed by atoms with E-state index in [0.717, 1.165) is 12.2 Å². The molecule has 7 heteroatoms. The molecule has 0 unspecified atom stereocenters. The van der Waals surface area contributed by atoms with Gasteiger partial charge >= 0.3 is 0 Å². The molecule has 0 saturated heterocycles. The lowest BCUT2D eigenvalue weighted by Gasteiger charge is -2.04. The molecule has 0 bridgehead atoms. The van der Waals surface area contributed by atoms with E-state index < -0.39 is 10.0 Å². The molecule has 1 rings (SSSR count). The molecule has 1 heterocycles. The summed E-state index contributed by atoms with van der Waals surface area (Å²) in [7, 11) is 0.0182. The van der Waals surface area contributed by atoms with Gasteiger partial charge in [-0.05, 0) is 19.0 Å². The Bertz CT molecular complexity index is 482. The van der Waals surface area contributed by atoms with Crippen LogP contribution in [0.4, 0.5) is 0 Å². The van der Waals surface area contributed by atoms with Gasteiger partial charge in [0.2, 0.25) is 10.0 Å². The SMILES string of the molecule is CCNCc1cc(S(=O)(=O)NCCCOC)cn1C. The fraction of sp³-hybridized carbons (Fsp3) is 0.667. The third-order valence-electron chi connectivity index (χ3n) is 2.77. The lowest BCUT2D eigenvalue weighted by Crippen LogP contribution is -2.25. The first-order chi connectivity index (χ1) is 9.01. The smallest absolute Gasteiger partial charge is 0.242 e. The summed E-state index contributed by atoms with van der Waals surface area (Å²) in [6, 6.07) is 1.70. The number of sulfonamides is 1. The lowest BCUT2D eigenvalue weighted by atomic mass is 10.4. The molecule has 2 N–H and O–H groups in total. The van der Waals surface area contributed by atoms with E-state index in [1.165, 1.54) is 0 Å². The first-order valence-corrected chi connectivity index (χ1v) is 7.84. The van der Waals surface area contributed by atoms with Crippen LogP contribution in [0.5, 0.6) is 0 Å². The predicted octanol–water partition coefficient (Wildman–Crippen LogP) is 0.449. The number of nitrogens with one attached hydrogen (secondary N) is 2. The Morgan fingerprint density at radius 3 is 2.79 bits per heavy atom. The summed E-state index contributed by atoms with van der Waals surface area (Å²) in [5.74, 6) is 0. The van der Waals surface area contributed by atoms with E-state index in [1.54, 1.807) is 19.4 Å². The summed E-state index contributed by atoms with van der Waals surface area (Å²) < 4.78 is 33.4. The van der Waals surface area contributed by atoms with Gasteiger partial charge in [-0.1, -0.05) is 6.92 Å². The Morgan fingerprint density at radius 2 is 2.16 bits per heavy atom. The number of rotatable bonds is 9. The third-order valence-corrected chi connectivity index (χ3v) is 4.19. The first-order valence-electron chi connectivity index (χ1n) is 6.35. The van der Waals surface area contributed by atoms with Crippen molar-refractivity contribution in [1.29, 1.82) is 0 Å². The molecule has 0 atom stereocenters. The number of nitrogens with zero attached hydrogens (tertiary/aromatic N) is 1. The van der Waals surface area contributed by atoms with Gasteiger partial charge in [-0.25, -0.2) is 13.1 Å². The van der Waals surface area contributed by atoms with Gasteiger partial charge in [0.1, 0.15) is 0 Å². The molecule has 19 heavy (non-hydrogen) atoms. The van der Waals surface area contributed by atoms with Gasteiger partial charge in [-0.2, -0.15) is 0 Å². The van der Waals surface area contributed by atoms with E-state index in [4.69, 9.17) is 4.74 Å². The lowest BCUT2D eigenvalue weighted by molar-refractivity contribution is 0.196. The predicted molar refractivity (Wildman–Crippen MR) is 74.5 cm³/mol. The zero-order valence-electron chi connectivity index (χ0n) is 11.8. The number of ether oxygens (including phenoxy) is 1. The van der Waals surface area contributed by atoms with Crippen LogP contribution in [0, 0.1) is 0 Å². The normalized spacial score (nSPS) is 11.9. The average Bonchev–Trinajstić information content (AvgIpc) is 2.74. The van der Waals surface area contributed by atoms with Crippen LogP contribution in [-0.4, -0.2) is 39.8 Å². The molecule has 0 spiro atoms. The Morgan fingerprint density at radius 1 is 1.42 bits per heavy atom. The monoisotopic (exact) mass is 289 g/mol.